The number of hydrogen-bond acceptors (Lipinski definition) is 3. The fourth-order valence-electron chi connectivity index (χ4n) is 4.05. The molecule has 4 nitrogen and oxygen atoms in total. The minimum absolute atomic E-state index is 0.0265. The van der Waals surface area contributed by atoms with E-state index < -0.39 is 5.54 Å². The first-order chi connectivity index (χ1) is 11.4. The van der Waals surface area contributed by atoms with Gasteiger partial charge in [-0.2, -0.15) is 0 Å². The Morgan fingerprint density at radius 3 is 2.62 bits per heavy atom. The average molecular weight is 362 g/mol. The molecule has 1 spiro atoms. The van der Waals surface area contributed by atoms with E-state index in [1.807, 2.05) is 37.3 Å². The van der Waals surface area contributed by atoms with Crippen LogP contribution in [0.5, 0.6) is 0 Å². The van der Waals surface area contributed by atoms with Gasteiger partial charge in [0, 0.05) is 39.3 Å². The molecule has 6 heteroatoms. The van der Waals surface area contributed by atoms with Crippen molar-refractivity contribution in [3.05, 3.63) is 63.6 Å². The lowest BCUT2D eigenvalue weighted by Gasteiger charge is -2.31. The van der Waals surface area contributed by atoms with Crippen molar-refractivity contribution in [2.45, 2.75) is 30.5 Å². The molecule has 2 aromatic carbocycles. The summed E-state index contributed by atoms with van der Waals surface area (Å²) >= 11 is 12.3. The van der Waals surface area contributed by atoms with E-state index in [0.717, 1.165) is 16.8 Å². The summed E-state index contributed by atoms with van der Waals surface area (Å²) in [5.41, 5.74) is 8.14. The van der Waals surface area contributed by atoms with Gasteiger partial charge in [0.25, 0.3) is 0 Å². The number of benzene rings is 2. The molecule has 0 bridgehead atoms. The van der Waals surface area contributed by atoms with Crippen LogP contribution in [0.1, 0.15) is 24.0 Å². The van der Waals surface area contributed by atoms with E-state index >= 15 is 0 Å². The Labute approximate surface area is 150 Å². The Hall–Kier alpha value is -1.59. The van der Waals surface area contributed by atoms with Crippen molar-refractivity contribution in [3.63, 3.8) is 0 Å². The van der Waals surface area contributed by atoms with Gasteiger partial charge in [-0.25, -0.2) is 0 Å². The van der Waals surface area contributed by atoms with Crippen LogP contribution >= 0.6 is 23.2 Å². The summed E-state index contributed by atoms with van der Waals surface area (Å²) in [5.74, 6) is -0.335. The predicted molar refractivity (Wildman–Crippen MR) is 96.5 cm³/mol. The Balaban J connectivity index is 1.94. The molecule has 4 rings (SSSR count). The molecule has 2 aliphatic heterocycles. The highest BCUT2D eigenvalue weighted by Gasteiger charge is 2.60. The monoisotopic (exact) mass is 361 g/mol. The molecule has 0 aromatic heterocycles. The van der Waals surface area contributed by atoms with Crippen molar-refractivity contribution < 1.29 is 4.79 Å². The maximum Gasteiger partial charge on any atom is 0.250 e. The third kappa shape index (κ3) is 2.11. The average Bonchev–Trinajstić information content (AvgIpc) is 2.94. The molecule has 1 amide bonds. The van der Waals surface area contributed by atoms with Crippen LogP contribution in [-0.4, -0.2) is 18.0 Å². The highest BCUT2D eigenvalue weighted by atomic mass is 35.5. The molecule has 24 heavy (non-hydrogen) atoms. The van der Waals surface area contributed by atoms with Gasteiger partial charge < -0.3 is 11.1 Å². The molecule has 2 aliphatic rings. The zero-order valence-electron chi connectivity index (χ0n) is 13.0. The van der Waals surface area contributed by atoms with Crippen LogP contribution in [0.25, 0.3) is 0 Å². The number of carbonyl (C=O) groups excluding carboxylic acids is 1. The van der Waals surface area contributed by atoms with Crippen LogP contribution in [-0.2, 0) is 10.3 Å². The van der Waals surface area contributed by atoms with Gasteiger partial charge in [0.2, 0.25) is 5.91 Å². The lowest BCUT2D eigenvalue weighted by atomic mass is 9.74. The fourth-order valence-corrected chi connectivity index (χ4v) is 4.42. The van der Waals surface area contributed by atoms with Crippen LogP contribution in [0.3, 0.4) is 0 Å². The van der Waals surface area contributed by atoms with Gasteiger partial charge in [-0.3, -0.25) is 10.1 Å². The number of rotatable bonds is 1. The SMILES string of the molecule is C[C@@H]1N[C@@]2(C(=O)Nc3cc(Cl)ccc32)[C@@H](c2cccc(Cl)c2)[C@@H]1N. The van der Waals surface area contributed by atoms with Crippen LogP contribution in [0, 0.1) is 0 Å². The Morgan fingerprint density at radius 2 is 1.88 bits per heavy atom. The van der Waals surface area contributed by atoms with Crippen molar-refractivity contribution in [1.29, 1.82) is 0 Å². The lowest BCUT2D eigenvalue weighted by molar-refractivity contribution is -0.122. The summed E-state index contributed by atoms with van der Waals surface area (Å²) < 4.78 is 0. The van der Waals surface area contributed by atoms with Crippen molar-refractivity contribution in [3.8, 4) is 0 Å². The second kappa shape index (κ2) is 5.46. The standard InChI is InChI=1S/C18H17Cl2N3O/c1-9-16(21)15(10-3-2-4-11(19)7-10)18(23-9)13-6-5-12(20)8-14(13)22-17(18)24/h2-9,15-16,23H,21H2,1H3,(H,22,24)/t9-,15-,16+,18+/m0/s1. The first kappa shape index (κ1) is 15.9. The largest absolute Gasteiger partial charge is 0.326 e. The third-order valence-electron chi connectivity index (χ3n) is 5.10. The number of nitrogens with one attached hydrogen (secondary N) is 2. The van der Waals surface area contributed by atoms with Gasteiger partial charge >= 0.3 is 0 Å². The summed E-state index contributed by atoms with van der Waals surface area (Å²) in [4.78, 5) is 13.0. The van der Waals surface area contributed by atoms with Gasteiger partial charge in [-0.05, 0) is 36.8 Å². The van der Waals surface area contributed by atoms with Crippen molar-refractivity contribution in [2.24, 2.45) is 5.73 Å². The van der Waals surface area contributed by atoms with E-state index in [2.05, 4.69) is 10.6 Å². The number of carbonyl (C=O) groups is 1. The summed E-state index contributed by atoms with van der Waals surface area (Å²) in [5, 5.41) is 7.61. The van der Waals surface area contributed by atoms with E-state index in [4.69, 9.17) is 28.9 Å². The summed E-state index contributed by atoms with van der Waals surface area (Å²) in [7, 11) is 0. The quantitative estimate of drug-likeness (QED) is 0.730. The van der Waals surface area contributed by atoms with E-state index in [1.54, 1.807) is 12.1 Å². The maximum atomic E-state index is 13.0. The number of nitrogens with two attached hydrogens (primary N) is 1. The van der Waals surface area contributed by atoms with Crippen LogP contribution in [0.4, 0.5) is 5.69 Å². The molecule has 0 aliphatic carbocycles. The molecule has 0 saturated carbocycles. The molecule has 124 valence electrons. The molecular formula is C18H17Cl2N3O. The van der Waals surface area contributed by atoms with Crippen LogP contribution in [0.2, 0.25) is 10.0 Å². The molecule has 4 atom stereocenters. The summed E-state index contributed by atoms with van der Waals surface area (Å²) in [6.07, 6.45) is 0. The zero-order chi connectivity index (χ0) is 17.1. The van der Waals surface area contributed by atoms with Gasteiger partial charge in [0.05, 0.1) is 0 Å². The number of anilines is 1. The van der Waals surface area contributed by atoms with Gasteiger partial charge in [-0.1, -0.05) is 41.4 Å². The number of hydrogen-bond donors (Lipinski definition) is 3. The molecule has 2 heterocycles. The second-order valence-electron chi connectivity index (χ2n) is 6.50. The maximum absolute atomic E-state index is 13.0. The predicted octanol–water partition coefficient (Wildman–Crippen LogP) is 3.24. The van der Waals surface area contributed by atoms with E-state index in [0.29, 0.717) is 10.0 Å². The van der Waals surface area contributed by atoms with Gasteiger partial charge in [0.15, 0.2) is 0 Å². The van der Waals surface area contributed by atoms with Crippen LogP contribution in [0.15, 0.2) is 42.5 Å². The molecule has 1 saturated heterocycles. The van der Waals surface area contributed by atoms with Crippen molar-refractivity contribution >= 4 is 34.8 Å². The van der Waals surface area contributed by atoms with Gasteiger partial charge in [-0.15, -0.1) is 0 Å². The summed E-state index contributed by atoms with van der Waals surface area (Å²) in [6, 6.07) is 12.8. The normalized spacial score (nSPS) is 31.3. The smallest absolute Gasteiger partial charge is 0.250 e. The molecule has 2 aromatic rings. The summed E-state index contributed by atoms with van der Waals surface area (Å²) in [6.45, 7) is 2.00. The van der Waals surface area contributed by atoms with E-state index in [-0.39, 0.29) is 23.9 Å². The second-order valence-corrected chi connectivity index (χ2v) is 7.37. The van der Waals surface area contributed by atoms with E-state index in [1.165, 1.54) is 0 Å². The Kier molecular flexibility index (Phi) is 3.62. The Bertz CT molecular complexity index is 841. The number of halogens is 2. The minimum atomic E-state index is -0.913. The molecule has 0 radical (unpaired) electrons. The molecule has 4 N–H and O–H groups in total. The minimum Gasteiger partial charge on any atom is -0.326 e. The van der Waals surface area contributed by atoms with Crippen LogP contribution < -0.4 is 16.4 Å². The highest BCUT2D eigenvalue weighted by Crippen LogP contribution is 2.51. The molecule has 0 unspecified atom stereocenters. The third-order valence-corrected chi connectivity index (χ3v) is 5.57. The molecule has 1 fully saturated rings. The van der Waals surface area contributed by atoms with Gasteiger partial charge in [0.1, 0.15) is 5.54 Å². The zero-order valence-corrected chi connectivity index (χ0v) is 14.5. The Morgan fingerprint density at radius 1 is 1.12 bits per heavy atom. The first-order valence-electron chi connectivity index (χ1n) is 7.83. The topological polar surface area (TPSA) is 67.2 Å². The number of amides is 1. The fraction of sp³-hybridized carbons (Fsp3) is 0.278. The molecular weight excluding hydrogens is 345 g/mol. The lowest BCUT2D eigenvalue weighted by Crippen LogP contribution is -2.48. The highest BCUT2D eigenvalue weighted by molar-refractivity contribution is 6.31. The van der Waals surface area contributed by atoms with Crippen molar-refractivity contribution in [1.82, 2.24) is 5.32 Å². The van der Waals surface area contributed by atoms with E-state index in [9.17, 15) is 4.79 Å². The first-order valence-corrected chi connectivity index (χ1v) is 8.59. The van der Waals surface area contributed by atoms with Crippen molar-refractivity contribution in [2.75, 3.05) is 5.32 Å². The number of fused-ring (bicyclic) bond motifs is 2.